The fourth-order valence-corrected chi connectivity index (χ4v) is 4.51. The summed E-state index contributed by atoms with van der Waals surface area (Å²) in [5.41, 5.74) is 1.50. The highest BCUT2D eigenvalue weighted by atomic mass is 32.1. The second-order valence-corrected chi connectivity index (χ2v) is 8.25. The van der Waals surface area contributed by atoms with Crippen molar-refractivity contribution in [1.29, 1.82) is 0 Å². The van der Waals surface area contributed by atoms with E-state index in [1.807, 2.05) is 25.1 Å². The van der Waals surface area contributed by atoms with Crippen LogP contribution in [0.15, 0.2) is 60.7 Å². The number of amides is 1. The van der Waals surface area contributed by atoms with E-state index in [1.54, 1.807) is 0 Å². The molecule has 0 atom stereocenters. The first-order valence-corrected chi connectivity index (χ1v) is 10.4. The van der Waals surface area contributed by atoms with Crippen LogP contribution in [0.3, 0.4) is 0 Å². The lowest BCUT2D eigenvalue weighted by molar-refractivity contribution is -0.387. The summed E-state index contributed by atoms with van der Waals surface area (Å²) < 4.78 is 13.8. The van der Waals surface area contributed by atoms with Crippen LogP contribution in [-0.2, 0) is 17.6 Å². The fraction of sp³-hybridized carbons (Fsp3) is 0.130. The molecule has 3 aromatic carbocycles. The molecule has 1 N–H and O–H groups in total. The van der Waals surface area contributed by atoms with Crippen LogP contribution in [0.2, 0.25) is 0 Å². The molecule has 0 aliphatic rings. The zero-order valence-corrected chi connectivity index (χ0v) is 17.4. The molecule has 4 aromatic rings. The van der Waals surface area contributed by atoms with Gasteiger partial charge in [0.15, 0.2) is 0 Å². The van der Waals surface area contributed by atoms with Crippen LogP contribution in [0, 0.1) is 22.9 Å². The van der Waals surface area contributed by atoms with Crippen molar-refractivity contribution in [2.75, 3.05) is 5.32 Å². The van der Waals surface area contributed by atoms with Gasteiger partial charge >= 0.3 is 5.69 Å². The molecule has 0 saturated carbocycles. The van der Waals surface area contributed by atoms with Crippen molar-refractivity contribution in [2.24, 2.45) is 0 Å². The van der Waals surface area contributed by atoms with E-state index in [4.69, 9.17) is 0 Å². The van der Waals surface area contributed by atoms with Gasteiger partial charge in [0.2, 0.25) is 11.7 Å². The van der Waals surface area contributed by atoms with Gasteiger partial charge in [-0.05, 0) is 29.3 Å². The maximum absolute atomic E-state index is 13.8. The molecular weight excluding hydrogens is 417 g/mol. The number of nitro benzene ring substituents is 1. The summed E-state index contributed by atoms with van der Waals surface area (Å²) >= 11 is 1.48. The van der Waals surface area contributed by atoms with Crippen molar-refractivity contribution in [2.45, 2.75) is 19.8 Å². The minimum atomic E-state index is -0.992. The van der Waals surface area contributed by atoms with Crippen molar-refractivity contribution in [3.8, 4) is 0 Å². The van der Waals surface area contributed by atoms with Gasteiger partial charge in [-0.3, -0.25) is 14.9 Å². The van der Waals surface area contributed by atoms with E-state index in [-0.39, 0.29) is 18.0 Å². The molecule has 0 aliphatic carbocycles. The lowest BCUT2D eigenvalue weighted by Gasteiger charge is -2.05. The Labute approximate surface area is 181 Å². The maximum Gasteiger partial charge on any atom is 0.304 e. The van der Waals surface area contributed by atoms with Gasteiger partial charge in [-0.15, -0.1) is 11.3 Å². The largest absolute Gasteiger partial charge is 0.326 e. The second kappa shape index (κ2) is 8.61. The summed E-state index contributed by atoms with van der Waals surface area (Å²) in [7, 11) is 0. The van der Waals surface area contributed by atoms with E-state index >= 15 is 0 Å². The molecule has 0 bridgehead atoms. The summed E-state index contributed by atoms with van der Waals surface area (Å²) in [5.74, 6) is -1.33. The van der Waals surface area contributed by atoms with E-state index in [0.717, 1.165) is 27.7 Å². The Morgan fingerprint density at radius 1 is 1.16 bits per heavy atom. The van der Waals surface area contributed by atoms with Crippen LogP contribution in [0.5, 0.6) is 0 Å². The highest BCUT2D eigenvalue weighted by molar-refractivity contribution is 7.11. The number of hydrogen-bond donors (Lipinski definition) is 1. The third-order valence-corrected chi connectivity index (χ3v) is 6.07. The van der Waals surface area contributed by atoms with Gasteiger partial charge in [0.1, 0.15) is 0 Å². The number of halogens is 1. The number of thiazole rings is 1. The van der Waals surface area contributed by atoms with Gasteiger partial charge in [0, 0.05) is 29.1 Å². The van der Waals surface area contributed by atoms with E-state index in [9.17, 15) is 19.3 Å². The van der Waals surface area contributed by atoms with Gasteiger partial charge < -0.3 is 5.32 Å². The van der Waals surface area contributed by atoms with Crippen LogP contribution >= 0.6 is 11.3 Å². The van der Waals surface area contributed by atoms with Crippen molar-refractivity contribution < 1.29 is 14.1 Å². The Hall–Kier alpha value is -3.65. The first-order chi connectivity index (χ1) is 14.9. The highest BCUT2D eigenvalue weighted by Gasteiger charge is 2.16. The molecule has 8 heteroatoms. The van der Waals surface area contributed by atoms with Gasteiger partial charge in [0.05, 0.1) is 22.0 Å². The van der Waals surface area contributed by atoms with Crippen LogP contribution < -0.4 is 5.32 Å². The number of nitrogens with one attached hydrogen (secondary N) is 1. The Morgan fingerprint density at radius 2 is 1.94 bits per heavy atom. The van der Waals surface area contributed by atoms with Crippen LogP contribution in [0.25, 0.3) is 10.8 Å². The quantitative estimate of drug-likeness (QED) is 0.323. The van der Waals surface area contributed by atoms with Crippen LogP contribution in [0.1, 0.15) is 21.1 Å². The smallest absolute Gasteiger partial charge is 0.304 e. The number of benzene rings is 3. The maximum atomic E-state index is 13.8. The molecule has 0 aliphatic heterocycles. The van der Waals surface area contributed by atoms with Crippen molar-refractivity contribution in [1.82, 2.24) is 4.98 Å². The number of fused-ring (bicyclic) bond motifs is 1. The SMILES string of the molecule is Cc1nc(Cc2cccc3ccccc23)sc1CC(=O)Nc1ccc([N+](=O)[O-])c(F)c1. The highest BCUT2D eigenvalue weighted by Crippen LogP contribution is 2.26. The van der Waals surface area contributed by atoms with Crippen LogP contribution in [-0.4, -0.2) is 15.8 Å². The first-order valence-electron chi connectivity index (χ1n) is 9.56. The summed E-state index contributed by atoms with van der Waals surface area (Å²) in [6.45, 7) is 1.86. The number of carbonyl (C=O) groups excluding carboxylic acids is 1. The standard InChI is InChI=1S/C23H18FN3O3S/c1-14-21(13-22(28)26-17-9-10-20(27(29)30)19(24)12-17)31-23(25-14)11-16-7-4-6-15-5-2-3-8-18(15)16/h2-10,12H,11,13H2,1H3,(H,26,28). The molecule has 6 nitrogen and oxygen atoms in total. The zero-order chi connectivity index (χ0) is 22.0. The van der Waals surface area contributed by atoms with Crippen LogP contribution in [0.4, 0.5) is 15.8 Å². The molecule has 0 saturated heterocycles. The molecule has 0 spiro atoms. The fourth-order valence-electron chi connectivity index (χ4n) is 3.42. The van der Waals surface area contributed by atoms with Gasteiger partial charge in [-0.2, -0.15) is 4.39 Å². The van der Waals surface area contributed by atoms with E-state index in [2.05, 4.69) is 34.6 Å². The molecular formula is C23H18FN3O3S. The van der Waals surface area contributed by atoms with Gasteiger partial charge in [-0.1, -0.05) is 42.5 Å². The number of aromatic nitrogens is 1. The lowest BCUT2D eigenvalue weighted by atomic mass is 10.0. The number of nitro groups is 1. The Kier molecular flexibility index (Phi) is 5.73. The average Bonchev–Trinajstić information content (AvgIpc) is 3.06. The molecule has 1 aromatic heterocycles. The zero-order valence-electron chi connectivity index (χ0n) is 16.6. The Balaban J connectivity index is 1.47. The van der Waals surface area contributed by atoms with Crippen molar-refractivity contribution >= 4 is 39.4 Å². The Bertz CT molecular complexity index is 1300. The molecule has 0 fully saturated rings. The lowest BCUT2D eigenvalue weighted by Crippen LogP contribution is -2.14. The predicted molar refractivity (Wildman–Crippen MR) is 119 cm³/mol. The summed E-state index contributed by atoms with van der Waals surface area (Å²) in [4.78, 5) is 27.8. The van der Waals surface area contributed by atoms with E-state index < -0.39 is 16.4 Å². The molecule has 156 valence electrons. The minimum Gasteiger partial charge on any atom is -0.326 e. The summed E-state index contributed by atoms with van der Waals surface area (Å²) in [6, 6.07) is 17.6. The number of carbonyl (C=O) groups is 1. The molecule has 0 unspecified atom stereocenters. The monoisotopic (exact) mass is 435 g/mol. The molecule has 4 rings (SSSR count). The third kappa shape index (κ3) is 4.59. The topological polar surface area (TPSA) is 85.1 Å². The predicted octanol–water partition coefficient (Wildman–Crippen LogP) is 5.42. The third-order valence-electron chi connectivity index (χ3n) is 4.91. The number of aryl methyl sites for hydroxylation is 1. The van der Waals surface area contributed by atoms with Gasteiger partial charge in [0.25, 0.3) is 0 Å². The summed E-state index contributed by atoms with van der Waals surface area (Å²) in [6.07, 6.45) is 0.764. The number of rotatable bonds is 6. The van der Waals surface area contributed by atoms with Crippen molar-refractivity contribution in [3.05, 3.63) is 97.7 Å². The number of nitrogens with zero attached hydrogens (tertiary/aromatic N) is 2. The minimum absolute atomic E-state index is 0.0949. The second-order valence-electron chi connectivity index (χ2n) is 7.08. The van der Waals surface area contributed by atoms with E-state index in [1.165, 1.54) is 33.7 Å². The normalized spacial score (nSPS) is 10.9. The first kappa shape index (κ1) is 20.6. The van der Waals surface area contributed by atoms with Gasteiger partial charge in [-0.25, -0.2) is 4.98 Å². The molecule has 0 radical (unpaired) electrons. The summed E-state index contributed by atoms with van der Waals surface area (Å²) in [5, 5.41) is 16.6. The Morgan fingerprint density at radius 3 is 2.71 bits per heavy atom. The molecule has 1 heterocycles. The number of hydrogen-bond acceptors (Lipinski definition) is 5. The van der Waals surface area contributed by atoms with Crippen molar-refractivity contribution in [3.63, 3.8) is 0 Å². The molecule has 1 amide bonds. The average molecular weight is 435 g/mol. The molecule has 31 heavy (non-hydrogen) atoms. The number of anilines is 1. The van der Waals surface area contributed by atoms with E-state index in [0.29, 0.717) is 6.42 Å².